The van der Waals surface area contributed by atoms with E-state index in [9.17, 15) is 4.79 Å². The van der Waals surface area contributed by atoms with Gasteiger partial charge in [-0.3, -0.25) is 4.79 Å². The van der Waals surface area contributed by atoms with Gasteiger partial charge in [-0.1, -0.05) is 124 Å². The van der Waals surface area contributed by atoms with Gasteiger partial charge in [-0.15, -0.1) is 0 Å². The largest absolute Gasteiger partial charge is 0.465 e. The van der Waals surface area contributed by atoms with E-state index in [1.54, 1.807) is 0 Å². The van der Waals surface area contributed by atoms with E-state index in [2.05, 4.69) is 20.8 Å². The Labute approximate surface area is 237 Å². The number of carbonyl (C=O) groups excluding carboxylic acids is 1. The van der Waals surface area contributed by atoms with Gasteiger partial charge in [0, 0.05) is 19.6 Å². The lowest BCUT2D eigenvalue weighted by atomic mass is 9.95. The van der Waals surface area contributed by atoms with Gasteiger partial charge in [0.05, 0.1) is 33.0 Å². The molecule has 38 heavy (non-hydrogen) atoms. The standard InChI is InChI=1S/C33H66O5/c1-4-7-10-13-15-17-20-25-35-27-29-37-30-28-36-26-21-24-33(34)38-31-32(22-18-12-9-6-3)23-19-16-14-11-8-5-2/h32H,4-31H2,1-3H3. The highest BCUT2D eigenvalue weighted by Gasteiger charge is 2.12. The molecular weight excluding hydrogens is 476 g/mol. The van der Waals surface area contributed by atoms with E-state index < -0.39 is 0 Å². The maximum absolute atomic E-state index is 12.2. The van der Waals surface area contributed by atoms with E-state index in [1.807, 2.05) is 0 Å². The van der Waals surface area contributed by atoms with Crippen molar-refractivity contribution in [3.63, 3.8) is 0 Å². The second kappa shape index (κ2) is 32.6. The molecule has 1 atom stereocenters. The Hall–Kier alpha value is -0.650. The fourth-order valence-corrected chi connectivity index (χ4v) is 4.69. The minimum Gasteiger partial charge on any atom is -0.465 e. The molecular formula is C33H66O5. The van der Waals surface area contributed by atoms with Gasteiger partial charge in [0.15, 0.2) is 0 Å². The number of hydrogen-bond acceptors (Lipinski definition) is 5. The van der Waals surface area contributed by atoms with Gasteiger partial charge in [0.2, 0.25) is 0 Å². The van der Waals surface area contributed by atoms with E-state index >= 15 is 0 Å². The summed E-state index contributed by atoms with van der Waals surface area (Å²) < 4.78 is 22.5. The van der Waals surface area contributed by atoms with Gasteiger partial charge < -0.3 is 18.9 Å². The smallest absolute Gasteiger partial charge is 0.305 e. The van der Waals surface area contributed by atoms with Crippen LogP contribution in [0.5, 0.6) is 0 Å². The topological polar surface area (TPSA) is 54.0 Å². The van der Waals surface area contributed by atoms with Crippen LogP contribution in [-0.4, -0.2) is 52.2 Å². The minimum atomic E-state index is -0.0792. The van der Waals surface area contributed by atoms with Crippen molar-refractivity contribution in [1.82, 2.24) is 0 Å². The fourth-order valence-electron chi connectivity index (χ4n) is 4.69. The van der Waals surface area contributed by atoms with E-state index in [0.717, 1.165) is 13.0 Å². The van der Waals surface area contributed by atoms with Crippen LogP contribution in [0.25, 0.3) is 0 Å². The van der Waals surface area contributed by atoms with Crippen molar-refractivity contribution in [3.8, 4) is 0 Å². The third kappa shape index (κ3) is 29.9. The normalized spacial score (nSPS) is 12.2. The SMILES string of the molecule is CCCCCCCCCOCCOCCOCCCC(=O)OCC(CCCCCC)CCCCCCCC. The third-order valence-electron chi connectivity index (χ3n) is 7.22. The first kappa shape index (κ1) is 37.4. The third-order valence-corrected chi connectivity index (χ3v) is 7.22. The van der Waals surface area contributed by atoms with Crippen LogP contribution in [-0.2, 0) is 23.7 Å². The Balaban J connectivity index is 3.61. The molecule has 0 aliphatic heterocycles. The van der Waals surface area contributed by atoms with Crippen LogP contribution in [0.1, 0.15) is 156 Å². The molecule has 0 aliphatic rings. The molecule has 0 amide bonds. The van der Waals surface area contributed by atoms with Crippen LogP contribution in [0.2, 0.25) is 0 Å². The van der Waals surface area contributed by atoms with Gasteiger partial charge >= 0.3 is 5.97 Å². The van der Waals surface area contributed by atoms with Crippen molar-refractivity contribution in [2.45, 2.75) is 156 Å². The Morgan fingerprint density at radius 2 is 0.868 bits per heavy atom. The molecule has 0 spiro atoms. The lowest BCUT2D eigenvalue weighted by Crippen LogP contribution is -2.15. The van der Waals surface area contributed by atoms with E-state index in [0.29, 0.717) is 58.4 Å². The van der Waals surface area contributed by atoms with Crippen molar-refractivity contribution in [2.24, 2.45) is 5.92 Å². The van der Waals surface area contributed by atoms with Crippen LogP contribution in [0, 0.1) is 5.92 Å². The summed E-state index contributed by atoms with van der Waals surface area (Å²) >= 11 is 0. The van der Waals surface area contributed by atoms with Crippen LogP contribution in [0.4, 0.5) is 0 Å². The summed E-state index contributed by atoms with van der Waals surface area (Å²) in [5.74, 6) is 0.444. The maximum Gasteiger partial charge on any atom is 0.305 e. The second-order valence-electron chi connectivity index (χ2n) is 11.0. The molecule has 5 heteroatoms. The number of esters is 1. The summed E-state index contributed by atoms with van der Waals surface area (Å²) in [6, 6.07) is 0. The van der Waals surface area contributed by atoms with Crippen molar-refractivity contribution in [1.29, 1.82) is 0 Å². The molecule has 1 unspecified atom stereocenters. The van der Waals surface area contributed by atoms with Gasteiger partial charge in [0.1, 0.15) is 0 Å². The highest BCUT2D eigenvalue weighted by molar-refractivity contribution is 5.69. The fraction of sp³-hybridized carbons (Fsp3) is 0.970. The molecule has 0 aliphatic carbocycles. The molecule has 0 N–H and O–H groups in total. The van der Waals surface area contributed by atoms with Gasteiger partial charge in [-0.25, -0.2) is 0 Å². The highest BCUT2D eigenvalue weighted by Crippen LogP contribution is 2.19. The molecule has 0 saturated carbocycles. The zero-order valence-corrected chi connectivity index (χ0v) is 25.9. The molecule has 0 aromatic heterocycles. The summed E-state index contributed by atoms with van der Waals surface area (Å²) in [4.78, 5) is 12.2. The predicted molar refractivity (Wildman–Crippen MR) is 161 cm³/mol. The first-order valence-corrected chi connectivity index (χ1v) is 16.6. The van der Waals surface area contributed by atoms with Gasteiger partial charge in [-0.05, 0) is 31.6 Å². The van der Waals surface area contributed by atoms with E-state index in [-0.39, 0.29) is 5.97 Å². The monoisotopic (exact) mass is 542 g/mol. The van der Waals surface area contributed by atoms with Crippen LogP contribution < -0.4 is 0 Å². The summed E-state index contributed by atoms with van der Waals surface area (Å²) in [6.07, 6.45) is 25.7. The molecule has 0 bridgehead atoms. The first-order valence-electron chi connectivity index (χ1n) is 16.6. The molecule has 0 fully saturated rings. The maximum atomic E-state index is 12.2. The first-order chi connectivity index (χ1) is 18.7. The number of unbranched alkanes of at least 4 members (excludes halogenated alkanes) is 14. The lowest BCUT2D eigenvalue weighted by molar-refractivity contribution is -0.145. The quantitative estimate of drug-likeness (QED) is 0.0626. The number of carbonyl (C=O) groups is 1. The second-order valence-corrected chi connectivity index (χ2v) is 11.0. The van der Waals surface area contributed by atoms with Gasteiger partial charge in [-0.2, -0.15) is 0 Å². The molecule has 0 aromatic rings. The van der Waals surface area contributed by atoms with E-state index in [4.69, 9.17) is 18.9 Å². The number of hydrogen-bond donors (Lipinski definition) is 0. The van der Waals surface area contributed by atoms with Crippen molar-refractivity contribution < 1.29 is 23.7 Å². The van der Waals surface area contributed by atoms with Gasteiger partial charge in [0.25, 0.3) is 0 Å². The predicted octanol–water partition coefficient (Wildman–Crippen LogP) is 9.45. The molecule has 0 rings (SSSR count). The Bertz CT molecular complexity index is 457. The zero-order chi connectivity index (χ0) is 27.8. The molecule has 0 heterocycles. The van der Waals surface area contributed by atoms with E-state index in [1.165, 1.54) is 116 Å². The average molecular weight is 543 g/mol. The average Bonchev–Trinajstić information content (AvgIpc) is 2.92. The molecule has 0 aromatic carbocycles. The Morgan fingerprint density at radius 1 is 0.474 bits per heavy atom. The molecule has 0 saturated heterocycles. The lowest BCUT2D eigenvalue weighted by Gasteiger charge is -2.17. The Morgan fingerprint density at radius 3 is 1.39 bits per heavy atom. The summed E-state index contributed by atoms with van der Waals surface area (Å²) in [5, 5.41) is 0. The van der Waals surface area contributed by atoms with Crippen molar-refractivity contribution in [3.05, 3.63) is 0 Å². The number of ether oxygens (including phenoxy) is 4. The minimum absolute atomic E-state index is 0.0792. The van der Waals surface area contributed by atoms with Crippen LogP contribution in [0.3, 0.4) is 0 Å². The molecule has 0 radical (unpaired) electrons. The summed E-state index contributed by atoms with van der Waals surface area (Å²) in [6.45, 7) is 11.2. The number of rotatable bonds is 32. The van der Waals surface area contributed by atoms with Crippen molar-refractivity contribution >= 4 is 5.97 Å². The summed E-state index contributed by atoms with van der Waals surface area (Å²) in [7, 11) is 0. The van der Waals surface area contributed by atoms with Crippen LogP contribution >= 0.6 is 0 Å². The molecule has 5 nitrogen and oxygen atoms in total. The molecule has 228 valence electrons. The zero-order valence-electron chi connectivity index (χ0n) is 25.9. The van der Waals surface area contributed by atoms with Crippen molar-refractivity contribution in [2.75, 3.05) is 46.2 Å². The highest BCUT2D eigenvalue weighted by atomic mass is 16.5. The Kier molecular flexibility index (Phi) is 32.0. The van der Waals surface area contributed by atoms with Crippen LogP contribution in [0.15, 0.2) is 0 Å². The summed E-state index contributed by atoms with van der Waals surface area (Å²) in [5.41, 5.74) is 0.